The number of aryl methyl sites for hydroxylation is 1. The minimum Gasteiger partial charge on any atom is -0.496 e. The number of nitrogens with one attached hydrogen (secondary N) is 2. The van der Waals surface area contributed by atoms with Crippen LogP contribution in [0.3, 0.4) is 0 Å². The SMILES string of the molecule is COc1ccc(C)cc1CCNC(=O)c1nnn(C2CCNCC2)c1C.Cl. The first-order valence-corrected chi connectivity index (χ1v) is 9.14. The topological polar surface area (TPSA) is 81.1 Å². The van der Waals surface area contributed by atoms with Crippen LogP contribution in [-0.2, 0) is 6.42 Å². The van der Waals surface area contributed by atoms with Crippen LogP contribution in [0.2, 0.25) is 0 Å². The Kier molecular flexibility index (Phi) is 7.62. The fourth-order valence-corrected chi connectivity index (χ4v) is 3.45. The Morgan fingerprint density at radius 2 is 2.07 bits per heavy atom. The first-order valence-electron chi connectivity index (χ1n) is 9.14. The molecule has 1 aliphatic heterocycles. The van der Waals surface area contributed by atoms with E-state index in [1.165, 1.54) is 5.56 Å². The number of methoxy groups -OCH3 is 1. The van der Waals surface area contributed by atoms with Gasteiger partial charge in [-0.25, -0.2) is 4.68 Å². The summed E-state index contributed by atoms with van der Waals surface area (Å²) in [5.41, 5.74) is 3.51. The quantitative estimate of drug-likeness (QED) is 0.786. The third-order valence-corrected chi connectivity index (χ3v) is 4.91. The molecule has 2 aromatic rings. The molecule has 7 nitrogen and oxygen atoms in total. The third-order valence-electron chi connectivity index (χ3n) is 4.91. The summed E-state index contributed by atoms with van der Waals surface area (Å²) >= 11 is 0. The molecule has 2 heterocycles. The molecule has 27 heavy (non-hydrogen) atoms. The van der Waals surface area contributed by atoms with Gasteiger partial charge >= 0.3 is 0 Å². The Morgan fingerprint density at radius 3 is 2.78 bits per heavy atom. The van der Waals surface area contributed by atoms with Gasteiger partial charge in [0, 0.05) is 6.54 Å². The van der Waals surface area contributed by atoms with Gasteiger partial charge in [-0.15, -0.1) is 17.5 Å². The van der Waals surface area contributed by atoms with Gasteiger partial charge in [-0.3, -0.25) is 4.79 Å². The van der Waals surface area contributed by atoms with E-state index in [1.807, 2.05) is 30.7 Å². The van der Waals surface area contributed by atoms with Gasteiger partial charge in [0.05, 0.1) is 18.8 Å². The lowest BCUT2D eigenvalue weighted by atomic mass is 10.1. The molecule has 0 radical (unpaired) electrons. The van der Waals surface area contributed by atoms with Gasteiger partial charge < -0.3 is 15.4 Å². The number of carbonyl (C=O) groups is 1. The highest BCUT2D eigenvalue weighted by molar-refractivity contribution is 5.93. The zero-order valence-corrected chi connectivity index (χ0v) is 16.9. The van der Waals surface area contributed by atoms with Crippen LogP contribution in [0.25, 0.3) is 0 Å². The monoisotopic (exact) mass is 393 g/mol. The largest absolute Gasteiger partial charge is 0.496 e. The molecular formula is C19H28ClN5O2. The summed E-state index contributed by atoms with van der Waals surface area (Å²) < 4.78 is 7.29. The summed E-state index contributed by atoms with van der Waals surface area (Å²) in [7, 11) is 1.66. The number of nitrogens with zero attached hydrogens (tertiary/aromatic N) is 3. The van der Waals surface area contributed by atoms with E-state index in [2.05, 4.69) is 27.0 Å². The van der Waals surface area contributed by atoms with E-state index in [1.54, 1.807) is 7.11 Å². The number of hydrogen-bond donors (Lipinski definition) is 2. The predicted octanol–water partition coefficient (Wildman–Crippen LogP) is 2.22. The van der Waals surface area contributed by atoms with Crippen LogP contribution in [0.1, 0.15) is 46.2 Å². The van der Waals surface area contributed by atoms with Crippen molar-refractivity contribution < 1.29 is 9.53 Å². The maximum absolute atomic E-state index is 12.5. The number of halogens is 1. The summed E-state index contributed by atoms with van der Waals surface area (Å²) in [5.74, 6) is 0.673. The molecule has 0 bridgehead atoms. The molecule has 1 fully saturated rings. The van der Waals surface area contributed by atoms with E-state index >= 15 is 0 Å². The summed E-state index contributed by atoms with van der Waals surface area (Å²) in [5, 5.41) is 14.6. The van der Waals surface area contributed by atoms with Crippen molar-refractivity contribution in [3.63, 3.8) is 0 Å². The van der Waals surface area contributed by atoms with E-state index in [9.17, 15) is 4.79 Å². The van der Waals surface area contributed by atoms with Crippen LogP contribution in [0.5, 0.6) is 5.75 Å². The smallest absolute Gasteiger partial charge is 0.273 e. The lowest BCUT2D eigenvalue weighted by Crippen LogP contribution is -2.30. The molecule has 0 saturated carbocycles. The normalized spacial score (nSPS) is 14.5. The van der Waals surface area contributed by atoms with Gasteiger partial charge in [-0.1, -0.05) is 22.9 Å². The number of aromatic nitrogens is 3. The van der Waals surface area contributed by atoms with Crippen LogP contribution in [-0.4, -0.2) is 47.6 Å². The Bertz CT molecular complexity index is 771. The van der Waals surface area contributed by atoms with E-state index in [4.69, 9.17) is 4.74 Å². The molecule has 1 saturated heterocycles. The van der Waals surface area contributed by atoms with Crippen molar-refractivity contribution >= 4 is 18.3 Å². The van der Waals surface area contributed by atoms with Crippen LogP contribution in [0.15, 0.2) is 18.2 Å². The number of amides is 1. The molecule has 2 N–H and O–H groups in total. The molecule has 8 heteroatoms. The molecule has 0 aliphatic carbocycles. The van der Waals surface area contributed by atoms with E-state index in [0.717, 1.165) is 42.9 Å². The van der Waals surface area contributed by atoms with Gasteiger partial charge in [0.15, 0.2) is 5.69 Å². The van der Waals surface area contributed by atoms with Crippen molar-refractivity contribution in [1.82, 2.24) is 25.6 Å². The van der Waals surface area contributed by atoms with Crippen molar-refractivity contribution in [1.29, 1.82) is 0 Å². The average molecular weight is 394 g/mol. The second-order valence-electron chi connectivity index (χ2n) is 6.77. The number of hydrogen-bond acceptors (Lipinski definition) is 5. The standard InChI is InChI=1S/C19H27N5O2.ClH/c1-13-4-5-17(26-3)15(12-13)6-11-21-19(25)18-14(2)24(23-22-18)16-7-9-20-10-8-16;/h4-5,12,16,20H,6-11H2,1-3H3,(H,21,25);1H. The van der Waals surface area contributed by atoms with Crippen molar-refractivity contribution in [2.45, 2.75) is 39.2 Å². The zero-order chi connectivity index (χ0) is 18.5. The summed E-state index contributed by atoms with van der Waals surface area (Å²) in [6.45, 7) is 6.44. The highest BCUT2D eigenvalue weighted by Crippen LogP contribution is 2.21. The molecule has 1 aromatic carbocycles. The number of piperidine rings is 1. The zero-order valence-electron chi connectivity index (χ0n) is 16.1. The number of carbonyl (C=O) groups excluding carboxylic acids is 1. The molecule has 0 spiro atoms. The van der Waals surface area contributed by atoms with Crippen molar-refractivity contribution in [3.05, 3.63) is 40.7 Å². The van der Waals surface area contributed by atoms with Gasteiger partial charge in [-0.2, -0.15) is 0 Å². The molecular weight excluding hydrogens is 366 g/mol. The number of rotatable bonds is 6. The maximum Gasteiger partial charge on any atom is 0.273 e. The van der Waals surface area contributed by atoms with Crippen molar-refractivity contribution in [3.8, 4) is 5.75 Å². The summed E-state index contributed by atoms with van der Waals surface area (Å²) in [4.78, 5) is 12.5. The predicted molar refractivity (Wildman–Crippen MR) is 107 cm³/mol. The fourth-order valence-electron chi connectivity index (χ4n) is 3.45. The Morgan fingerprint density at radius 1 is 1.33 bits per heavy atom. The first kappa shape index (κ1) is 21.2. The van der Waals surface area contributed by atoms with Crippen LogP contribution in [0.4, 0.5) is 0 Å². The van der Waals surface area contributed by atoms with Crippen molar-refractivity contribution in [2.24, 2.45) is 0 Å². The summed E-state index contributed by atoms with van der Waals surface area (Å²) in [6, 6.07) is 6.38. The van der Waals surface area contributed by atoms with Gasteiger partial charge in [-0.05, 0) is 57.8 Å². The maximum atomic E-state index is 12.5. The van der Waals surface area contributed by atoms with Crippen LogP contribution < -0.4 is 15.4 Å². The minimum absolute atomic E-state index is 0. The van der Waals surface area contributed by atoms with Gasteiger partial charge in [0.25, 0.3) is 5.91 Å². The molecule has 1 amide bonds. The number of ether oxygens (including phenoxy) is 1. The lowest BCUT2D eigenvalue weighted by molar-refractivity contribution is 0.0948. The lowest BCUT2D eigenvalue weighted by Gasteiger charge is -2.23. The molecule has 1 aromatic heterocycles. The highest BCUT2D eigenvalue weighted by atomic mass is 35.5. The van der Waals surface area contributed by atoms with Crippen molar-refractivity contribution in [2.75, 3.05) is 26.7 Å². The second kappa shape index (κ2) is 9.71. The molecule has 0 unspecified atom stereocenters. The fraction of sp³-hybridized carbons (Fsp3) is 0.526. The van der Waals surface area contributed by atoms with E-state index < -0.39 is 0 Å². The van der Waals surface area contributed by atoms with E-state index in [-0.39, 0.29) is 18.3 Å². The Labute approximate surface area is 166 Å². The second-order valence-corrected chi connectivity index (χ2v) is 6.77. The Balaban J connectivity index is 0.00000261. The molecule has 0 atom stereocenters. The molecule has 148 valence electrons. The Hall–Kier alpha value is -2.12. The van der Waals surface area contributed by atoms with Gasteiger partial charge in [0.1, 0.15) is 5.75 Å². The molecule has 1 aliphatic rings. The molecule has 3 rings (SSSR count). The van der Waals surface area contributed by atoms with Crippen LogP contribution >= 0.6 is 12.4 Å². The minimum atomic E-state index is -0.172. The first-order chi connectivity index (χ1) is 12.6. The third kappa shape index (κ3) is 4.99. The average Bonchev–Trinajstić information content (AvgIpc) is 3.04. The van der Waals surface area contributed by atoms with E-state index in [0.29, 0.717) is 24.7 Å². The van der Waals surface area contributed by atoms with Crippen LogP contribution in [0, 0.1) is 13.8 Å². The van der Waals surface area contributed by atoms with Gasteiger partial charge in [0.2, 0.25) is 0 Å². The number of benzene rings is 1. The summed E-state index contributed by atoms with van der Waals surface area (Å²) in [6.07, 6.45) is 2.73. The highest BCUT2D eigenvalue weighted by Gasteiger charge is 2.22.